The minimum absolute atomic E-state index is 0.0798. The van der Waals surface area contributed by atoms with Crippen LogP contribution in [0.15, 0.2) is 0 Å². The van der Waals surface area contributed by atoms with Gasteiger partial charge in [-0.05, 0) is 18.3 Å². The van der Waals surface area contributed by atoms with Crippen LogP contribution in [0.1, 0.15) is 51.9 Å². The van der Waals surface area contributed by atoms with Crippen molar-refractivity contribution in [1.29, 1.82) is 0 Å². The fourth-order valence-electron chi connectivity index (χ4n) is 3.45. The Bertz CT molecular complexity index is 336. The van der Waals surface area contributed by atoms with E-state index in [0.29, 0.717) is 25.4 Å². The third-order valence-electron chi connectivity index (χ3n) is 4.77. The van der Waals surface area contributed by atoms with Crippen LogP contribution in [-0.2, 0) is 9.59 Å². The molecule has 4 nitrogen and oxygen atoms in total. The van der Waals surface area contributed by atoms with E-state index in [1.165, 1.54) is 32.1 Å². The van der Waals surface area contributed by atoms with Gasteiger partial charge in [-0.25, -0.2) is 0 Å². The molecule has 1 aliphatic carbocycles. The van der Waals surface area contributed by atoms with Crippen LogP contribution in [0.4, 0.5) is 0 Å². The summed E-state index contributed by atoms with van der Waals surface area (Å²) in [5, 5.41) is 9.08. The molecule has 1 amide bonds. The van der Waals surface area contributed by atoms with Gasteiger partial charge in [-0.15, -0.1) is 0 Å². The highest BCUT2D eigenvalue weighted by Crippen LogP contribution is 2.29. The fourth-order valence-corrected chi connectivity index (χ4v) is 3.45. The molecule has 19 heavy (non-hydrogen) atoms. The molecule has 0 radical (unpaired) electrons. The summed E-state index contributed by atoms with van der Waals surface area (Å²) < 4.78 is 0. The van der Waals surface area contributed by atoms with E-state index < -0.39 is 5.97 Å². The lowest BCUT2D eigenvalue weighted by molar-refractivity contribution is -0.142. The maximum absolute atomic E-state index is 12.1. The Kier molecular flexibility index (Phi) is 4.83. The van der Waals surface area contributed by atoms with Crippen molar-refractivity contribution < 1.29 is 14.7 Å². The van der Waals surface area contributed by atoms with Crippen LogP contribution in [0.25, 0.3) is 0 Å². The molecular weight excluding hydrogens is 242 g/mol. The Morgan fingerprint density at radius 1 is 1.16 bits per heavy atom. The summed E-state index contributed by atoms with van der Waals surface area (Å²) in [6, 6.07) is 0. The molecule has 2 aliphatic rings. The van der Waals surface area contributed by atoms with Crippen LogP contribution in [0.2, 0.25) is 0 Å². The number of nitrogens with zero attached hydrogens (tertiary/aromatic N) is 1. The van der Waals surface area contributed by atoms with E-state index in [9.17, 15) is 9.59 Å². The van der Waals surface area contributed by atoms with Gasteiger partial charge in [-0.1, -0.05) is 39.0 Å². The van der Waals surface area contributed by atoms with Gasteiger partial charge < -0.3 is 10.0 Å². The highest BCUT2D eigenvalue weighted by Gasteiger charge is 2.36. The van der Waals surface area contributed by atoms with Gasteiger partial charge in [0.05, 0.1) is 5.92 Å². The maximum Gasteiger partial charge on any atom is 0.308 e. The first-order valence-electron chi connectivity index (χ1n) is 7.58. The number of likely N-dealkylation sites (tertiary alicyclic amines) is 1. The molecule has 2 atom stereocenters. The molecule has 1 saturated carbocycles. The third kappa shape index (κ3) is 3.71. The predicted octanol–water partition coefficient (Wildman–Crippen LogP) is 2.53. The molecule has 0 aromatic heterocycles. The molecule has 2 rings (SSSR count). The zero-order chi connectivity index (χ0) is 13.8. The number of carboxylic acids is 1. The first-order chi connectivity index (χ1) is 9.08. The predicted molar refractivity (Wildman–Crippen MR) is 72.7 cm³/mol. The third-order valence-corrected chi connectivity index (χ3v) is 4.77. The summed E-state index contributed by atoms with van der Waals surface area (Å²) in [5.74, 6) is -0.195. The molecule has 0 bridgehead atoms. The Balaban J connectivity index is 1.76. The molecule has 0 spiro atoms. The van der Waals surface area contributed by atoms with Gasteiger partial charge in [0.15, 0.2) is 0 Å². The number of rotatable bonds is 4. The van der Waals surface area contributed by atoms with Gasteiger partial charge in [-0.2, -0.15) is 0 Å². The lowest BCUT2D eigenvalue weighted by Crippen LogP contribution is -2.30. The number of aliphatic carboxylic acids is 1. The van der Waals surface area contributed by atoms with Crippen LogP contribution in [-0.4, -0.2) is 35.0 Å². The van der Waals surface area contributed by atoms with Crippen molar-refractivity contribution in [1.82, 2.24) is 4.90 Å². The molecule has 1 aliphatic heterocycles. The van der Waals surface area contributed by atoms with Gasteiger partial charge in [0.2, 0.25) is 5.91 Å². The van der Waals surface area contributed by atoms with Gasteiger partial charge >= 0.3 is 5.97 Å². The summed E-state index contributed by atoms with van der Waals surface area (Å²) in [5.41, 5.74) is 0. The quantitative estimate of drug-likeness (QED) is 0.851. The van der Waals surface area contributed by atoms with E-state index in [-0.39, 0.29) is 17.7 Å². The smallest absolute Gasteiger partial charge is 0.308 e. The summed E-state index contributed by atoms with van der Waals surface area (Å²) in [4.78, 5) is 24.9. The molecule has 1 saturated heterocycles. The molecule has 2 unspecified atom stereocenters. The number of hydrogen-bond donors (Lipinski definition) is 1. The first-order valence-corrected chi connectivity index (χ1v) is 7.58. The van der Waals surface area contributed by atoms with Crippen LogP contribution < -0.4 is 0 Å². The number of amides is 1. The van der Waals surface area contributed by atoms with Crippen molar-refractivity contribution in [3.8, 4) is 0 Å². The second-order valence-electron chi connectivity index (χ2n) is 6.26. The van der Waals surface area contributed by atoms with Crippen molar-refractivity contribution in [2.75, 3.05) is 13.1 Å². The summed E-state index contributed by atoms with van der Waals surface area (Å²) in [6.45, 7) is 2.94. The summed E-state index contributed by atoms with van der Waals surface area (Å²) in [7, 11) is 0. The second kappa shape index (κ2) is 6.40. The lowest BCUT2D eigenvalue weighted by Gasteiger charge is -2.22. The number of hydrogen-bond acceptors (Lipinski definition) is 2. The normalized spacial score (nSPS) is 28.6. The molecule has 1 heterocycles. The number of carbonyl (C=O) groups is 2. The number of carboxylic acid groups (broad SMARTS) is 1. The second-order valence-corrected chi connectivity index (χ2v) is 6.26. The number of carbonyl (C=O) groups excluding carboxylic acids is 1. The monoisotopic (exact) mass is 267 g/mol. The SMILES string of the molecule is CC1CN(C(=O)CCC2CCCCC2)CC1C(=O)O. The van der Waals surface area contributed by atoms with Crippen molar-refractivity contribution in [2.24, 2.45) is 17.8 Å². The fraction of sp³-hybridized carbons (Fsp3) is 0.867. The van der Waals surface area contributed by atoms with E-state index >= 15 is 0 Å². The molecule has 1 N–H and O–H groups in total. The topological polar surface area (TPSA) is 57.6 Å². The minimum Gasteiger partial charge on any atom is -0.481 e. The van der Waals surface area contributed by atoms with E-state index in [1.54, 1.807) is 4.90 Å². The highest BCUT2D eigenvalue weighted by atomic mass is 16.4. The molecular formula is C15H25NO3. The van der Waals surface area contributed by atoms with Crippen LogP contribution in [0.3, 0.4) is 0 Å². The minimum atomic E-state index is -0.768. The Labute approximate surface area is 115 Å². The van der Waals surface area contributed by atoms with E-state index in [4.69, 9.17) is 5.11 Å². The van der Waals surface area contributed by atoms with Crippen LogP contribution in [0, 0.1) is 17.8 Å². The summed E-state index contributed by atoms with van der Waals surface area (Å²) >= 11 is 0. The Hall–Kier alpha value is -1.06. The largest absolute Gasteiger partial charge is 0.481 e. The van der Waals surface area contributed by atoms with Crippen molar-refractivity contribution in [3.63, 3.8) is 0 Å². The Morgan fingerprint density at radius 3 is 2.42 bits per heavy atom. The molecule has 4 heteroatoms. The summed E-state index contributed by atoms with van der Waals surface area (Å²) in [6.07, 6.45) is 8.07. The van der Waals surface area contributed by atoms with Crippen molar-refractivity contribution >= 4 is 11.9 Å². The molecule has 108 valence electrons. The van der Waals surface area contributed by atoms with Crippen molar-refractivity contribution in [2.45, 2.75) is 51.9 Å². The van der Waals surface area contributed by atoms with E-state index in [2.05, 4.69) is 0 Å². The van der Waals surface area contributed by atoms with Crippen LogP contribution in [0.5, 0.6) is 0 Å². The van der Waals surface area contributed by atoms with Gasteiger partial charge in [0.25, 0.3) is 0 Å². The molecule has 0 aromatic carbocycles. The van der Waals surface area contributed by atoms with Gasteiger partial charge in [-0.3, -0.25) is 9.59 Å². The van der Waals surface area contributed by atoms with Crippen molar-refractivity contribution in [3.05, 3.63) is 0 Å². The first kappa shape index (κ1) is 14.4. The maximum atomic E-state index is 12.1. The van der Waals surface area contributed by atoms with Gasteiger partial charge in [0.1, 0.15) is 0 Å². The molecule has 2 fully saturated rings. The average molecular weight is 267 g/mol. The van der Waals surface area contributed by atoms with E-state index in [0.717, 1.165) is 6.42 Å². The molecule has 0 aromatic rings. The van der Waals surface area contributed by atoms with Crippen LogP contribution >= 0.6 is 0 Å². The van der Waals surface area contributed by atoms with E-state index in [1.807, 2.05) is 6.92 Å². The lowest BCUT2D eigenvalue weighted by atomic mass is 9.86. The van der Waals surface area contributed by atoms with Gasteiger partial charge in [0, 0.05) is 19.5 Å². The average Bonchev–Trinajstić information content (AvgIpc) is 2.79. The zero-order valence-corrected chi connectivity index (χ0v) is 11.8. The zero-order valence-electron chi connectivity index (χ0n) is 11.8. The standard InChI is InChI=1S/C15H25NO3/c1-11-9-16(10-13(11)15(18)19)14(17)8-7-12-5-3-2-4-6-12/h11-13H,2-10H2,1H3,(H,18,19). The highest BCUT2D eigenvalue weighted by molar-refractivity contribution is 5.79. The Morgan fingerprint density at radius 2 is 1.84 bits per heavy atom.